The zero-order valence-corrected chi connectivity index (χ0v) is 32.0. The maximum atomic E-state index is 12.0. The van der Waals surface area contributed by atoms with Crippen LogP contribution in [0.15, 0.2) is 66.7 Å². The minimum Gasteiger partial charge on any atom is -0.490 e. The molecule has 0 saturated heterocycles. The van der Waals surface area contributed by atoms with Gasteiger partial charge in [0.2, 0.25) is 0 Å². The molecule has 3 aromatic carbocycles. The third-order valence-electron chi connectivity index (χ3n) is 12.0. The van der Waals surface area contributed by atoms with Crippen molar-refractivity contribution in [3.63, 3.8) is 0 Å². The average molecular weight is 842 g/mol. The van der Waals surface area contributed by atoms with E-state index < -0.39 is 5.91 Å². The summed E-state index contributed by atoms with van der Waals surface area (Å²) in [4.78, 5) is 23.6. The van der Waals surface area contributed by atoms with Gasteiger partial charge < -0.3 is 38.4 Å². The minimum atomic E-state index is -0.410. The Kier molecular flexibility index (Phi) is 14.3. The number of amides is 2. The van der Waals surface area contributed by atoms with Gasteiger partial charge >= 0.3 is 6.09 Å². The standard InChI is InChI=1S/C25H26N2O3.C17H22N2O2.2CH4.CH3.Pd/c26-15-20-9-8-19(18-6-7-18)10-23(20)30-22-13-25(14-22)11-21(12-25)27-24(28)29-16-17-4-2-1-3-5-17;18-12-6-17(7-12)8-13(9-17)21-15-5-11(10-1-2-10)3-4-14(15)16(19)20;;;;/h1-5,8-10,18,21-22H,6-7,11-14,16H2,(H,27,28);3-5,10,12-13H,1-2,6-9,18H2,(H2,19,20);2*1H4;1H3;/q;;;;-1;. The first kappa shape index (κ1) is 43.8. The molecule has 300 valence electrons. The second kappa shape index (κ2) is 17.9. The SMILES string of the molecule is C.C.N#Cc1ccc(C2CC2)cc1OC1CC2(CC(NC(=O)OCc3ccccc3)C2)C1.NC(=O)c1ccc(C2CC2)cc1OC1CC2(CC(N)C2)C1.[CH3-].[Pd]. The summed E-state index contributed by atoms with van der Waals surface area (Å²) < 4.78 is 17.6. The van der Waals surface area contributed by atoms with Crippen LogP contribution in [-0.4, -0.2) is 36.3 Å². The molecule has 5 N–H and O–H groups in total. The first-order valence-corrected chi connectivity index (χ1v) is 18.7. The summed E-state index contributed by atoms with van der Waals surface area (Å²) in [5.41, 5.74) is 16.7. The minimum absolute atomic E-state index is 0. The van der Waals surface area contributed by atoms with E-state index in [1.165, 1.54) is 36.8 Å². The summed E-state index contributed by atoms with van der Waals surface area (Å²) in [7, 11) is 0. The van der Waals surface area contributed by atoms with Crippen molar-refractivity contribution in [1.82, 2.24) is 5.32 Å². The topological polar surface area (TPSA) is 150 Å². The van der Waals surface area contributed by atoms with Crippen LogP contribution in [0.2, 0.25) is 0 Å². The fraction of sp³-hybridized carbons (Fsp3) is 0.511. The fourth-order valence-electron chi connectivity index (χ4n) is 8.99. The predicted molar refractivity (Wildman–Crippen MR) is 212 cm³/mol. The quantitative estimate of drug-likeness (QED) is 0.136. The third kappa shape index (κ3) is 10.1. The molecule has 6 aliphatic carbocycles. The zero-order valence-electron chi connectivity index (χ0n) is 30.5. The molecule has 0 aromatic heterocycles. The Balaban J connectivity index is 0.000000240. The first-order valence-electron chi connectivity index (χ1n) is 18.7. The molecule has 6 aliphatic rings. The monoisotopic (exact) mass is 841 g/mol. The molecule has 10 heteroatoms. The molecule has 3 aromatic rings. The summed E-state index contributed by atoms with van der Waals surface area (Å²) in [6.07, 6.45) is 13.3. The smallest absolute Gasteiger partial charge is 0.407 e. The molecule has 6 fully saturated rings. The van der Waals surface area contributed by atoms with Crippen LogP contribution < -0.4 is 26.3 Å². The molecule has 6 saturated carbocycles. The van der Waals surface area contributed by atoms with E-state index in [1.807, 2.05) is 54.6 Å². The summed E-state index contributed by atoms with van der Waals surface area (Å²) in [5, 5.41) is 12.4. The van der Waals surface area contributed by atoms with E-state index in [1.54, 1.807) is 0 Å². The molecule has 0 unspecified atom stereocenters. The average Bonchev–Trinajstić information content (AvgIpc) is 3.98. The van der Waals surface area contributed by atoms with Crippen LogP contribution in [0.5, 0.6) is 11.5 Å². The molecule has 9 rings (SSSR count). The van der Waals surface area contributed by atoms with Crippen molar-refractivity contribution in [2.45, 2.75) is 135 Å². The molecular formula is C45H59N4O5Pd-. The number of alkyl carbamates (subject to hydrolysis) is 1. The Bertz CT molecular complexity index is 1810. The molecule has 0 radical (unpaired) electrons. The van der Waals surface area contributed by atoms with Gasteiger partial charge in [-0.05, 0) is 141 Å². The van der Waals surface area contributed by atoms with Crippen LogP contribution in [0.4, 0.5) is 4.79 Å². The molecule has 2 spiro atoms. The summed E-state index contributed by atoms with van der Waals surface area (Å²) in [6.45, 7) is 0.293. The van der Waals surface area contributed by atoms with Gasteiger partial charge in [-0.2, -0.15) is 5.26 Å². The Hall–Kier alpha value is -3.89. The van der Waals surface area contributed by atoms with Crippen LogP contribution in [-0.2, 0) is 31.8 Å². The van der Waals surface area contributed by atoms with Crippen LogP contribution in [0, 0.1) is 29.6 Å². The van der Waals surface area contributed by atoms with Gasteiger partial charge in [0.15, 0.2) is 0 Å². The van der Waals surface area contributed by atoms with Crippen molar-refractivity contribution in [1.29, 1.82) is 5.26 Å². The number of carbonyl (C=O) groups excluding carboxylic acids is 2. The number of hydrogen-bond acceptors (Lipinski definition) is 7. The van der Waals surface area contributed by atoms with Crippen molar-refractivity contribution in [2.75, 3.05) is 0 Å². The Morgan fingerprint density at radius 2 is 1.29 bits per heavy atom. The number of nitrogens with two attached hydrogens (primary N) is 2. The maximum absolute atomic E-state index is 12.0. The van der Waals surface area contributed by atoms with Crippen molar-refractivity contribution in [3.8, 4) is 17.6 Å². The van der Waals surface area contributed by atoms with Crippen LogP contribution in [0.3, 0.4) is 0 Å². The first-order chi connectivity index (χ1) is 24.7. The van der Waals surface area contributed by atoms with Gasteiger partial charge in [0.25, 0.3) is 5.91 Å². The normalized spacial score (nSPS) is 27.6. The fourth-order valence-corrected chi connectivity index (χ4v) is 8.99. The predicted octanol–water partition coefficient (Wildman–Crippen LogP) is 9.08. The van der Waals surface area contributed by atoms with E-state index in [2.05, 4.69) is 23.5 Å². The van der Waals surface area contributed by atoms with E-state index in [9.17, 15) is 14.9 Å². The second-order valence-corrected chi connectivity index (χ2v) is 16.3. The van der Waals surface area contributed by atoms with Crippen LogP contribution in [0.25, 0.3) is 0 Å². The van der Waals surface area contributed by atoms with Gasteiger partial charge in [0.05, 0.1) is 23.3 Å². The number of carbonyl (C=O) groups is 2. The summed E-state index contributed by atoms with van der Waals surface area (Å²) in [5.74, 6) is 2.29. The van der Waals surface area contributed by atoms with E-state index in [-0.39, 0.29) is 72.5 Å². The third-order valence-corrected chi connectivity index (χ3v) is 12.0. The van der Waals surface area contributed by atoms with Crippen LogP contribution in [0.1, 0.15) is 136 Å². The number of primary amides is 1. The number of nitriles is 1. The summed E-state index contributed by atoms with van der Waals surface area (Å²) in [6, 6.07) is 24.4. The molecule has 0 heterocycles. The van der Waals surface area contributed by atoms with Crippen molar-refractivity contribution >= 4 is 12.0 Å². The van der Waals surface area contributed by atoms with Crippen molar-refractivity contribution < 1.29 is 44.2 Å². The molecule has 0 aliphatic heterocycles. The number of rotatable bonds is 10. The van der Waals surface area contributed by atoms with Gasteiger partial charge in [-0.3, -0.25) is 4.79 Å². The van der Waals surface area contributed by atoms with Crippen molar-refractivity contribution in [3.05, 3.63) is 102 Å². The number of nitrogens with zero attached hydrogens (tertiary/aromatic N) is 1. The van der Waals surface area contributed by atoms with E-state index in [4.69, 9.17) is 25.7 Å². The Morgan fingerprint density at radius 1 is 0.764 bits per heavy atom. The number of benzene rings is 3. The van der Waals surface area contributed by atoms with Crippen molar-refractivity contribution in [2.24, 2.45) is 22.3 Å². The second-order valence-electron chi connectivity index (χ2n) is 16.3. The Labute approximate surface area is 341 Å². The van der Waals surface area contributed by atoms with E-state index >= 15 is 0 Å². The maximum Gasteiger partial charge on any atom is 0.407 e. The molecule has 55 heavy (non-hydrogen) atoms. The molecule has 9 nitrogen and oxygen atoms in total. The number of hydrogen-bond donors (Lipinski definition) is 3. The number of ether oxygens (including phenoxy) is 3. The van der Waals surface area contributed by atoms with Gasteiger partial charge in [0, 0.05) is 32.5 Å². The Morgan fingerprint density at radius 3 is 1.82 bits per heavy atom. The van der Waals surface area contributed by atoms with Gasteiger partial charge in [-0.15, -0.1) is 0 Å². The zero-order chi connectivity index (χ0) is 35.2. The van der Waals surface area contributed by atoms with E-state index in [0.717, 1.165) is 62.7 Å². The van der Waals surface area contributed by atoms with Crippen LogP contribution >= 0.6 is 0 Å². The molecule has 2 amide bonds. The number of nitrogens with one attached hydrogen (secondary N) is 1. The molecule has 0 bridgehead atoms. The van der Waals surface area contributed by atoms with Gasteiger partial charge in [-0.1, -0.05) is 57.3 Å². The van der Waals surface area contributed by atoms with Gasteiger partial charge in [0.1, 0.15) is 24.2 Å². The summed E-state index contributed by atoms with van der Waals surface area (Å²) >= 11 is 0. The van der Waals surface area contributed by atoms with E-state index in [0.29, 0.717) is 46.8 Å². The largest absolute Gasteiger partial charge is 0.490 e. The van der Waals surface area contributed by atoms with Gasteiger partial charge in [-0.25, -0.2) is 4.79 Å². The molecule has 0 atom stereocenters. The molecular weight excluding hydrogens is 783 g/mol.